The average molecular weight is 429 g/mol. The molecular weight excluding hydrogens is 408 g/mol. The molecule has 0 unspecified atom stereocenters. The number of rotatable bonds is 6. The SMILES string of the molecule is Cc1ccc(S(=O)(=O)Nc2ccc(C(=O)NCc3cccc(C)c3)cc2Cl)cc1. The second-order valence-corrected chi connectivity index (χ2v) is 8.87. The number of hydrogen-bond acceptors (Lipinski definition) is 3. The van der Waals surface area contributed by atoms with E-state index in [1.54, 1.807) is 12.1 Å². The first kappa shape index (κ1) is 20.9. The molecule has 0 saturated heterocycles. The summed E-state index contributed by atoms with van der Waals surface area (Å²) in [7, 11) is -3.77. The number of hydrogen-bond donors (Lipinski definition) is 2. The van der Waals surface area contributed by atoms with E-state index in [0.717, 1.165) is 16.7 Å². The van der Waals surface area contributed by atoms with Crippen LogP contribution < -0.4 is 10.0 Å². The van der Waals surface area contributed by atoms with Gasteiger partial charge in [-0.1, -0.05) is 59.1 Å². The molecule has 150 valence electrons. The first-order valence-corrected chi connectivity index (χ1v) is 10.8. The van der Waals surface area contributed by atoms with Crippen LogP contribution in [0.1, 0.15) is 27.0 Å². The Hall–Kier alpha value is -2.83. The zero-order valence-corrected chi connectivity index (χ0v) is 17.6. The quantitative estimate of drug-likeness (QED) is 0.598. The standard InChI is InChI=1S/C22H21ClN2O3S/c1-15-6-9-19(10-7-15)29(27,28)25-21-11-8-18(13-20(21)23)22(26)24-14-17-5-3-4-16(2)12-17/h3-13,25H,14H2,1-2H3,(H,24,26). The van der Waals surface area contributed by atoms with Gasteiger partial charge < -0.3 is 5.32 Å². The lowest BCUT2D eigenvalue weighted by Gasteiger charge is -2.11. The number of amides is 1. The van der Waals surface area contributed by atoms with Gasteiger partial charge in [-0.3, -0.25) is 9.52 Å². The summed E-state index contributed by atoms with van der Waals surface area (Å²) in [5, 5.41) is 2.97. The zero-order chi connectivity index (χ0) is 21.0. The van der Waals surface area contributed by atoms with E-state index in [4.69, 9.17) is 11.6 Å². The Labute approximate surface area is 175 Å². The lowest BCUT2D eigenvalue weighted by molar-refractivity contribution is 0.0951. The van der Waals surface area contributed by atoms with Crippen molar-refractivity contribution in [3.63, 3.8) is 0 Å². The number of sulfonamides is 1. The Kier molecular flexibility index (Phi) is 6.25. The predicted molar refractivity (Wildman–Crippen MR) is 116 cm³/mol. The third-order valence-corrected chi connectivity index (χ3v) is 6.04. The van der Waals surface area contributed by atoms with Gasteiger partial charge in [0.25, 0.3) is 15.9 Å². The zero-order valence-electron chi connectivity index (χ0n) is 16.1. The van der Waals surface area contributed by atoms with Crippen molar-refractivity contribution in [3.05, 3.63) is 94.0 Å². The van der Waals surface area contributed by atoms with Crippen LogP contribution in [0.2, 0.25) is 5.02 Å². The highest BCUT2D eigenvalue weighted by molar-refractivity contribution is 7.92. The molecule has 0 radical (unpaired) electrons. The molecule has 0 heterocycles. The number of aryl methyl sites for hydroxylation is 2. The fourth-order valence-corrected chi connectivity index (χ4v) is 4.13. The first-order chi connectivity index (χ1) is 13.7. The summed E-state index contributed by atoms with van der Waals surface area (Å²) in [6.45, 7) is 4.25. The van der Waals surface area contributed by atoms with Gasteiger partial charge >= 0.3 is 0 Å². The van der Waals surface area contributed by atoms with Crippen molar-refractivity contribution >= 4 is 33.2 Å². The third kappa shape index (κ3) is 5.37. The molecule has 0 spiro atoms. The lowest BCUT2D eigenvalue weighted by Crippen LogP contribution is -2.23. The normalized spacial score (nSPS) is 11.1. The van der Waals surface area contributed by atoms with Crippen LogP contribution in [0.5, 0.6) is 0 Å². The second kappa shape index (κ2) is 8.68. The van der Waals surface area contributed by atoms with Crippen molar-refractivity contribution < 1.29 is 13.2 Å². The first-order valence-electron chi connectivity index (χ1n) is 8.97. The molecule has 2 N–H and O–H groups in total. The van der Waals surface area contributed by atoms with Gasteiger partial charge in [0.15, 0.2) is 0 Å². The van der Waals surface area contributed by atoms with Gasteiger partial charge in [-0.15, -0.1) is 0 Å². The van der Waals surface area contributed by atoms with E-state index in [-0.39, 0.29) is 21.5 Å². The Morgan fingerprint density at radius 3 is 2.31 bits per heavy atom. The van der Waals surface area contributed by atoms with E-state index < -0.39 is 10.0 Å². The number of carbonyl (C=O) groups excluding carboxylic acids is 1. The second-order valence-electron chi connectivity index (χ2n) is 6.78. The Bertz CT molecular complexity index is 1140. The maximum atomic E-state index is 12.5. The summed E-state index contributed by atoms with van der Waals surface area (Å²) in [4.78, 5) is 12.5. The topological polar surface area (TPSA) is 75.3 Å². The highest BCUT2D eigenvalue weighted by Crippen LogP contribution is 2.26. The van der Waals surface area contributed by atoms with Crippen molar-refractivity contribution in [2.45, 2.75) is 25.3 Å². The van der Waals surface area contributed by atoms with E-state index in [2.05, 4.69) is 10.0 Å². The van der Waals surface area contributed by atoms with Gasteiger partial charge in [0.2, 0.25) is 0 Å². The molecule has 0 aliphatic heterocycles. The molecule has 0 fully saturated rings. The van der Waals surface area contributed by atoms with E-state index in [1.807, 2.05) is 38.1 Å². The van der Waals surface area contributed by atoms with Crippen LogP contribution in [0.4, 0.5) is 5.69 Å². The van der Waals surface area contributed by atoms with Crippen molar-refractivity contribution in [3.8, 4) is 0 Å². The minimum Gasteiger partial charge on any atom is -0.348 e. The van der Waals surface area contributed by atoms with Crippen molar-refractivity contribution in [2.24, 2.45) is 0 Å². The molecular formula is C22H21ClN2O3S. The van der Waals surface area contributed by atoms with Crippen LogP contribution in [-0.4, -0.2) is 14.3 Å². The van der Waals surface area contributed by atoms with E-state index >= 15 is 0 Å². The molecule has 0 saturated carbocycles. The smallest absolute Gasteiger partial charge is 0.261 e. The number of benzene rings is 3. The van der Waals surface area contributed by atoms with Crippen LogP contribution in [0, 0.1) is 13.8 Å². The van der Waals surface area contributed by atoms with E-state index in [1.165, 1.54) is 30.3 Å². The summed E-state index contributed by atoms with van der Waals surface area (Å²) >= 11 is 6.22. The molecule has 0 aromatic heterocycles. The van der Waals surface area contributed by atoms with Gasteiger partial charge in [0.1, 0.15) is 0 Å². The minimum atomic E-state index is -3.77. The minimum absolute atomic E-state index is 0.138. The lowest BCUT2D eigenvalue weighted by atomic mass is 10.1. The van der Waals surface area contributed by atoms with Crippen molar-refractivity contribution in [2.75, 3.05) is 4.72 Å². The Morgan fingerprint density at radius 2 is 1.66 bits per heavy atom. The number of halogens is 1. The summed E-state index contributed by atoms with van der Waals surface area (Å²) in [6, 6.07) is 18.8. The van der Waals surface area contributed by atoms with Crippen LogP contribution in [0.15, 0.2) is 71.6 Å². The third-order valence-electron chi connectivity index (χ3n) is 4.34. The number of anilines is 1. The highest BCUT2D eigenvalue weighted by Gasteiger charge is 2.16. The molecule has 0 aliphatic rings. The van der Waals surface area contributed by atoms with Gasteiger partial charge in [0.05, 0.1) is 15.6 Å². The number of carbonyl (C=O) groups is 1. The van der Waals surface area contributed by atoms with Crippen molar-refractivity contribution in [1.29, 1.82) is 0 Å². The van der Waals surface area contributed by atoms with Crippen LogP contribution in [0.3, 0.4) is 0 Å². The van der Waals surface area contributed by atoms with Gasteiger partial charge in [-0.05, 0) is 49.7 Å². The van der Waals surface area contributed by atoms with Gasteiger partial charge in [-0.25, -0.2) is 8.42 Å². The Balaban J connectivity index is 1.71. The largest absolute Gasteiger partial charge is 0.348 e. The van der Waals surface area contributed by atoms with Crippen LogP contribution in [-0.2, 0) is 16.6 Å². The fourth-order valence-electron chi connectivity index (χ4n) is 2.77. The summed E-state index contributed by atoms with van der Waals surface area (Å²) in [5.74, 6) is -0.290. The molecule has 0 atom stereocenters. The van der Waals surface area contributed by atoms with Crippen LogP contribution in [0.25, 0.3) is 0 Å². The monoisotopic (exact) mass is 428 g/mol. The predicted octanol–water partition coefficient (Wildman–Crippen LogP) is 4.69. The maximum absolute atomic E-state index is 12.5. The molecule has 3 aromatic rings. The molecule has 29 heavy (non-hydrogen) atoms. The van der Waals surface area contributed by atoms with E-state index in [0.29, 0.717) is 12.1 Å². The van der Waals surface area contributed by atoms with E-state index in [9.17, 15) is 13.2 Å². The molecule has 3 aromatic carbocycles. The molecule has 5 nitrogen and oxygen atoms in total. The molecule has 0 bridgehead atoms. The molecule has 0 aliphatic carbocycles. The summed E-state index contributed by atoms with van der Waals surface area (Å²) in [5.41, 5.74) is 3.63. The maximum Gasteiger partial charge on any atom is 0.261 e. The van der Waals surface area contributed by atoms with Crippen LogP contribution >= 0.6 is 11.6 Å². The highest BCUT2D eigenvalue weighted by atomic mass is 35.5. The summed E-state index contributed by atoms with van der Waals surface area (Å²) in [6.07, 6.45) is 0. The molecule has 1 amide bonds. The molecule has 3 rings (SSSR count). The molecule has 7 heteroatoms. The summed E-state index contributed by atoms with van der Waals surface area (Å²) < 4.78 is 27.5. The van der Waals surface area contributed by atoms with Crippen molar-refractivity contribution in [1.82, 2.24) is 5.32 Å². The average Bonchev–Trinajstić information content (AvgIpc) is 2.68. The van der Waals surface area contributed by atoms with Gasteiger partial charge in [-0.2, -0.15) is 0 Å². The van der Waals surface area contributed by atoms with Gasteiger partial charge in [0, 0.05) is 12.1 Å². The number of nitrogens with one attached hydrogen (secondary N) is 2. The Morgan fingerprint density at radius 1 is 0.931 bits per heavy atom. The fraction of sp³-hybridized carbons (Fsp3) is 0.136.